The highest BCUT2D eigenvalue weighted by atomic mass is 35.5. The van der Waals surface area contributed by atoms with E-state index in [9.17, 15) is 4.79 Å². The molecule has 1 aliphatic rings. The molecule has 0 spiro atoms. The van der Waals surface area contributed by atoms with E-state index in [4.69, 9.17) is 16.1 Å². The van der Waals surface area contributed by atoms with Gasteiger partial charge in [0, 0.05) is 18.7 Å². The summed E-state index contributed by atoms with van der Waals surface area (Å²) in [5, 5.41) is 4.64. The topological polar surface area (TPSA) is 46.3 Å². The number of carbonyl (C=O) groups is 1. The van der Waals surface area contributed by atoms with Crippen LogP contribution in [0.2, 0.25) is 5.02 Å². The number of rotatable bonds is 2. The van der Waals surface area contributed by atoms with Crippen LogP contribution in [0.3, 0.4) is 0 Å². The minimum absolute atomic E-state index is 0.0137. The Morgan fingerprint density at radius 3 is 2.91 bits per heavy atom. The zero-order valence-electron chi connectivity index (χ0n) is 12.8. The molecule has 0 aliphatic carbocycles. The molecule has 0 saturated carbocycles. The molecule has 4 nitrogen and oxygen atoms in total. The summed E-state index contributed by atoms with van der Waals surface area (Å²) < 4.78 is 5.29. The minimum atomic E-state index is -0.0137. The molecule has 2 aromatic rings. The van der Waals surface area contributed by atoms with Crippen LogP contribution in [-0.4, -0.2) is 29.1 Å². The summed E-state index contributed by atoms with van der Waals surface area (Å²) in [5.74, 6) is 1.06. The fraction of sp³-hybridized carbons (Fsp3) is 0.412. The highest BCUT2D eigenvalue weighted by molar-refractivity contribution is 6.33. The molecule has 1 atom stereocenters. The van der Waals surface area contributed by atoms with Crippen LogP contribution < -0.4 is 0 Å². The Kier molecular flexibility index (Phi) is 4.21. The zero-order chi connectivity index (χ0) is 15.7. The monoisotopic (exact) mass is 318 g/mol. The lowest BCUT2D eigenvalue weighted by molar-refractivity contribution is 0.0682. The molecule has 1 aromatic heterocycles. The maximum absolute atomic E-state index is 12.9. The standard InChI is InChI=1S/C17H19ClN2O2/c1-11-6-5-9-20(10-11)17(21)15-12(2)22-19-16(15)13-7-3-4-8-14(13)18/h3-4,7-8,11H,5-6,9-10H2,1-2H3. The van der Waals surface area contributed by atoms with E-state index in [0.717, 1.165) is 25.1 Å². The van der Waals surface area contributed by atoms with Gasteiger partial charge in [-0.05, 0) is 31.7 Å². The van der Waals surface area contributed by atoms with Gasteiger partial charge in [-0.25, -0.2) is 0 Å². The second-order valence-corrected chi connectivity index (χ2v) is 6.35. The molecule has 0 bridgehead atoms. The van der Waals surface area contributed by atoms with Gasteiger partial charge in [0.1, 0.15) is 17.0 Å². The lowest BCUT2D eigenvalue weighted by Gasteiger charge is -2.30. The Labute approximate surface area is 135 Å². The van der Waals surface area contributed by atoms with E-state index in [1.165, 1.54) is 6.42 Å². The largest absolute Gasteiger partial charge is 0.360 e. The molecule has 1 aromatic carbocycles. The van der Waals surface area contributed by atoms with Gasteiger partial charge in [0.25, 0.3) is 5.91 Å². The van der Waals surface area contributed by atoms with Crippen LogP contribution in [0.1, 0.15) is 35.9 Å². The number of halogens is 1. The maximum atomic E-state index is 12.9. The van der Waals surface area contributed by atoms with Crippen molar-refractivity contribution in [3.05, 3.63) is 40.6 Å². The van der Waals surface area contributed by atoms with Crippen LogP contribution >= 0.6 is 11.6 Å². The summed E-state index contributed by atoms with van der Waals surface area (Å²) in [6, 6.07) is 7.38. The van der Waals surface area contributed by atoms with E-state index < -0.39 is 0 Å². The van der Waals surface area contributed by atoms with Gasteiger partial charge in [-0.1, -0.05) is 41.9 Å². The fourth-order valence-corrected chi connectivity index (χ4v) is 3.22. The number of aryl methyl sites for hydroxylation is 1. The van der Waals surface area contributed by atoms with Gasteiger partial charge in [-0.2, -0.15) is 0 Å². The van der Waals surface area contributed by atoms with Gasteiger partial charge < -0.3 is 9.42 Å². The average Bonchev–Trinajstić information content (AvgIpc) is 2.88. The molecule has 2 heterocycles. The number of likely N-dealkylation sites (tertiary alicyclic amines) is 1. The van der Waals surface area contributed by atoms with Crippen LogP contribution in [0, 0.1) is 12.8 Å². The van der Waals surface area contributed by atoms with E-state index in [2.05, 4.69) is 12.1 Å². The minimum Gasteiger partial charge on any atom is -0.360 e. The Bertz CT molecular complexity index is 696. The molecule has 1 amide bonds. The van der Waals surface area contributed by atoms with Gasteiger partial charge in [0.2, 0.25) is 0 Å². The van der Waals surface area contributed by atoms with Crippen molar-refractivity contribution in [1.29, 1.82) is 0 Å². The highest BCUT2D eigenvalue weighted by Gasteiger charge is 2.29. The molecule has 0 radical (unpaired) electrons. The third kappa shape index (κ3) is 2.75. The summed E-state index contributed by atoms with van der Waals surface area (Å²) in [6.45, 7) is 5.52. The maximum Gasteiger partial charge on any atom is 0.259 e. The Balaban J connectivity index is 1.99. The average molecular weight is 319 g/mol. The first-order valence-electron chi connectivity index (χ1n) is 7.58. The number of hydrogen-bond acceptors (Lipinski definition) is 3. The molecule has 1 saturated heterocycles. The molecule has 116 valence electrons. The third-order valence-corrected chi connectivity index (χ3v) is 4.48. The SMILES string of the molecule is Cc1onc(-c2ccccc2Cl)c1C(=O)N1CCCC(C)C1. The summed E-state index contributed by atoms with van der Waals surface area (Å²) >= 11 is 6.25. The fourth-order valence-electron chi connectivity index (χ4n) is 2.99. The Morgan fingerprint density at radius 2 is 2.18 bits per heavy atom. The third-order valence-electron chi connectivity index (χ3n) is 4.15. The van der Waals surface area contributed by atoms with Gasteiger partial charge in [0.15, 0.2) is 0 Å². The van der Waals surface area contributed by atoms with Crippen LogP contribution in [-0.2, 0) is 0 Å². The highest BCUT2D eigenvalue weighted by Crippen LogP contribution is 2.32. The van der Waals surface area contributed by atoms with E-state index in [-0.39, 0.29) is 5.91 Å². The van der Waals surface area contributed by atoms with Crippen LogP contribution in [0.5, 0.6) is 0 Å². The quantitative estimate of drug-likeness (QED) is 0.834. The number of aromatic nitrogens is 1. The molecule has 1 aliphatic heterocycles. The number of carbonyl (C=O) groups excluding carboxylic acids is 1. The summed E-state index contributed by atoms with van der Waals surface area (Å²) in [6.07, 6.45) is 2.21. The first-order chi connectivity index (χ1) is 10.6. The molecule has 5 heteroatoms. The van der Waals surface area contributed by atoms with E-state index in [0.29, 0.717) is 28.0 Å². The number of benzene rings is 1. The summed E-state index contributed by atoms with van der Waals surface area (Å²) in [5.41, 5.74) is 1.79. The van der Waals surface area contributed by atoms with Crippen molar-refractivity contribution < 1.29 is 9.32 Å². The molecular weight excluding hydrogens is 300 g/mol. The van der Waals surface area contributed by atoms with Crippen LogP contribution in [0.4, 0.5) is 0 Å². The molecule has 1 unspecified atom stereocenters. The molecule has 0 N–H and O–H groups in total. The zero-order valence-corrected chi connectivity index (χ0v) is 13.6. The van der Waals surface area contributed by atoms with Crippen molar-refractivity contribution in [2.75, 3.05) is 13.1 Å². The lowest BCUT2D eigenvalue weighted by Crippen LogP contribution is -2.39. The smallest absolute Gasteiger partial charge is 0.259 e. The number of nitrogens with zero attached hydrogens (tertiary/aromatic N) is 2. The lowest BCUT2D eigenvalue weighted by atomic mass is 9.98. The van der Waals surface area contributed by atoms with Gasteiger partial charge in [-0.3, -0.25) is 4.79 Å². The number of piperidine rings is 1. The van der Waals surface area contributed by atoms with Gasteiger partial charge >= 0.3 is 0 Å². The van der Waals surface area contributed by atoms with Crippen molar-refractivity contribution in [2.45, 2.75) is 26.7 Å². The molecule has 22 heavy (non-hydrogen) atoms. The molecular formula is C17H19ClN2O2. The van der Waals surface area contributed by atoms with Crippen molar-refractivity contribution in [2.24, 2.45) is 5.92 Å². The first-order valence-corrected chi connectivity index (χ1v) is 7.96. The first kappa shape index (κ1) is 15.1. The van der Waals surface area contributed by atoms with Crippen LogP contribution in [0.15, 0.2) is 28.8 Å². The van der Waals surface area contributed by atoms with Crippen LogP contribution in [0.25, 0.3) is 11.3 Å². The predicted molar refractivity (Wildman–Crippen MR) is 86.0 cm³/mol. The van der Waals surface area contributed by atoms with Crippen molar-refractivity contribution >= 4 is 17.5 Å². The van der Waals surface area contributed by atoms with Crippen molar-refractivity contribution in [3.63, 3.8) is 0 Å². The van der Waals surface area contributed by atoms with Crippen molar-refractivity contribution in [1.82, 2.24) is 10.1 Å². The summed E-state index contributed by atoms with van der Waals surface area (Å²) in [7, 11) is 0. The second-order valence-electron chi connectivity index (χ2n) is 5.94. The Hall–Kier alpha value is -1.81. The number of hydrogen-bond donors (Lipinski definition) is 0. The molecule has 3 rings (SSSR count). The van der Waals surface area contributed by atoms with E-state index in [1.54, 1.807) is 13.0 Å². The van der Waals surface area contributed by atoms with E-state index in [1.807, 2.05) is 23.1 Å². The normalized spacial score (nSPS) is 18.5. The van der Waals surface area contributed by atoms with E-state index >= 15 is 0 Å². The summed E-state index contributed by atoms with van der Waals surface area (Å²) in [4.78, 5) is 14.8. The van der Waals surface area contributed by atoms with Gasteiger partial charge in [-0.15, -0.1) is 0 Å². The Morgan fingerprint density at radius 1 is 1.41 bits per heavy atom. The number of amides is 1. The van der Waals surface area contributed by atoms with Crippen molar-refractivity contribution in [3.8, 4) is 11.3 Å². The molecule has 1 fully saturated rings. The predicted octanol–water partition coefficient (Wildman–Crippen LogP) is 4.18. The second kappa shape index (κ2) is 6.13. The van der Waals surface area contributed by atoms with Gasteiger partial charge in [0.05, 0.1) is 5.02 Å².